The van der Waals surface area contributed by atoms with Crippen LogP contribution in [0.2, 0.25) is 0 Å². The van der Waals surface area contributed by atoms with Crippen molar-refractivity contribution >= 4 is 33.2 Å². The molecular formula is C13H12BrN3O. The molecule has 0 spiro atoms. The predicted octanol–water partition coefficient (Wildman–Crippen LogP) is 2.99. The van der Waals surface area contributed by atoms with Crippen LogP contribution < -0.4 is 11.1 Å². The normalized spacial score (nSPS) is 10.1. The molecule has 0 saturated heterocycles. The van der Waals surface area contributed by atoms with Crippen molar-refractivity contribution in [3.8, 4) is 0 Å². The van der Waals surface area contributed by atoms with E-state index in [2.05, 4.69) is 26.2 Å². The van der Waals surface area contributed by atoms with Crippen LogP contribution >= 0.6 is 15.9 Å². The Balaban J connectivity index is 2.27. The molecular weight excluding hydrogens is 294 g/mol. The fourth-order valence-electron chi connectivity index (χ4n) is 1.58. The molecule has 5 heteroatoms. The number of carbonyl (C=O) groups is 1. The van der Waals surface area contributed by atoms with Gasteiger partial charge in [0.15, 0.2) is 0 Å². The lowest BCUT2D eigenvalue weighted by atomic mass is 10.1. The summed E-state index contributed by atoms with van der Waals surface area (Å²) in [7, 11) is 0. The van der Waals surface area contributed by atoms with Crippen LogP contribution in [0.25, 0.3) is 0 Å². The zero-order valence-electron chi connectivity index (χ0n) is 9.77. The Bertz CT molecular complexity index is 578. The molecule has 0 aliphatic heterocycles. The van der Waals surface area contributed by atoms with Gasteiger partial charge < -0.3 is 11.1 Å². The molecule has 1 aromatic heterocycles. The van der Waals surface area contributed by atoms with E-state index in [1.165, 1.54) is 6.20 Å². The maximum absolute atomic E-state index is 12.0. The topological polar surface area (TPSA) is 68.0 Å². The second-order valence-electron chi connectivity index (χ2n) is 3.89. The molecule has 2 rings (SSSR count). The first-order valence-electron chi connectivity index (χ1n) is 5.35. The van der Waals surface area contributed by atoms with Crippen LogP contribution in [0.3, 0.4) is 0 Å². The number of benzene rings is 1. The first-order chi connectivity index (χ1) is 8.58. The standard InChI is InChI=1S/C13H12BrN3O/c1-8-3-2-4-11(15)12(8)17-13(18)9-5-10(14)7-16-6-9/h2-7H,15H2,1H3,(H,17,18). The van der Waals surface area contributed by atoms with Crippen molar-refractivity contribution in [1.29, 1.82) is 0 Å². The van der Waals surface area contributed by atoms with Crippen molar-refractivity contribution in [2.45, 2.75) is 6.92 Å². The molecule has 1 aromatic carbocycles. The van der Waals surface area contributed by atoms with Gasteiger partial charge in [0.1, 0.15) is 0 Å². The van der Waals surface area contributed by atoms with Crippen LogP contribution in [0.4, 0.5) is 11.4 Å². The molecule has 0 saturated carbocycles. The van der Waals surface area contributed by atoms with Gasteiger partial charge >= 0.3 is 0 Å². The van der Waals surface area contributed by atoms with E-state index in [-0.39, 0.29) is 5.91 Å². The molecule has 92 valence electrons. The maximum Gasteiger partial charge on any atom is 0.257 e. The number of aromatic nitrogens is 1. The Morgan fingerprint density at radius 1 is 1.39 bits per heavy atom. The second-order valence-corrected chi connectivity index (χ2v) is 4.80. The minimum absolute atomic E-state index is 0.232. The largest absolute Gasteiger partial charge is 0.397 e. The number of halogens is 1. The van der Waals surface area contributed by atoms with Crippen LogP contribution in [-0.2, 0) is 0 Å². The van der Waals surface area contributed by atoms with Crippen molar-refractivity contribution in [3.63, 3.8) is 0 Å². The molecule has 1 amide bonds. The average molecular weight is 306 g/mol. The molecule has 4 nitrogen and oxygen atoms in total. The molecule has 0 unspecified atom stereocenters. The van der Waals surface area contributed by atoms with Crippen molar-refractivity contribution in [1.82, 2.24) is 4.98 Å². The molecule has 0 atom stereocenters. The number of nitrogens with two attached hydrogens (primary N) is 1. The summed E-state index contributed by atoms with van der Waals surface area (Å²) in [5.41, 5.74) is 8.43. The van der Waals surface area contributed by atoms with E-state index < -0.39 is 0 Å². The number of amides is 1. The molecule has 0 aliphatic rings. The summed E-state index contributed by atoms with van der Waals surface area (Å²) in [6.45, 7) is 1.89. The van der Waals surface area contributed by atoms with Crippen molar-refractivity contribution in [3.05, 3.63) is 52.3 Å². The van der Waals surface area contributed by atoms with E-state index >= 15 is 0 Å². The van der Waals surface area contributed by atoms with Gasteiger partial charge in [0, 0.05) is 16.9 Å². The predicted molar refractivity (Wildman–Crippen MR) is 75.5 cm³/mol. The number of nitrogens with zero attached hydrogens (tertiary/aromatic N) is 1. The number of pyridine rings is 1. The lowest BCUT2D eigenvalue weighted by Gasteiger charge is -2.10. The van der Waals surface area contributed by atoms with Crippen molar-refractivity contribution in [2.75, 3.05) is 11.1 Å². The molecule has 3 N–H and O–H groups in total. The lowest BCUT2D eigenvalue weighted by molar-refractivity contribution is 0.102. The molecule has 0 aliphatic carbocycles. The minimum atomic E-state index is -0.232. The molecule has 2 aromatic rings. The van der Waals surface area contributed by atoms with Gasteiger partial charge in [-0.1, -0.05) is 12.1 Å². The van der Waals surface area contributed by atoms with Crippen LogP contribution in [-0.4, -0.2) is 10.9 Å². The Morgan fingerprint density at radius 2 is 2.17 bits per heavy atom. The summed E-state index contributed by atoms with van der Waals surface area (Å²) in [6, 6.07) is 7.20. The number of nitrogens with one attached hydrogen (secondary N) is 1. The van der Waals surface area contributed by atoms with E-state index in [0.717, 1.165) is 10.0 Å². The zero-order valence-corrected chi connectivity index (χ0v) is 11.4. The van der Waals surface area contributed by atoms with Gasteiger partial charge in [-0.25, -0.2) is 0 Å². The van der Waals surface area contributed by atoms with Crippen LogP contribution in [0.1, 0.15) is 15.9 Å². The van der Waals surface area contributed by atoms with Crippen LogP contribution in [0.15, 0.2) is 41.1 Å². The lowest BCUT2D eigenvalue weighted by Crippen LogP contribution is -2.14. The van der Waals surface area contributed by atoms with Gasteiger partial charge in [0.25, 0.3) is 5.91 Å². The third-order valence-corrected chi connectivity index (χ3v) is 2.94. The number of nitrogen functional groups attached to an aromatic ring is 1. The number of carbonyl (C=O) groups excluding carboxylic acids is 1. The van der Waals surface area contributed by atoms with Crippen LogP contribution in [0.5, 0.6) is 0 Å². The average Bonchev–Trinajstić information content (AvgIpc) is 2.34. The Kier molecular flexibility index (Phi) is 3.62. The zero-order chi connectivity index (χ0) is 13.1. The number of hydrogen-bond donors (Lipinski definition) is 2. The summed E-state index contributed by atoms with van der Waals surface area (Å²) in [5.74, 6) is -0.232. The van der Waals surface area contributed by atoms with E-state index in [0.29, 0.717) is 16.9 Å². The Labute approximate surface area is 113 Å². The number of para-hydroxylation sites is 1. The van der Waals surface area contributed by atoms with Crippen LogP contribution in [0, 0.1) is 6.92 Å². The van der Waals surface area contributed by atoms with Gasteiger partial charge in [-0.05, 0) is 40.5 Å². The highest BCUT2D eigenvalue weighted by Gasteiger charge is 2.10. The SMILES string of the molecule is Cc1cccc(N)c1NC(=O)c1cncc(Br)c1. The molecule has 0 fully saturated rings. The quantitative estimate of drug-likeness (QED) is 0.838. The van der Waals surface area contributed by atoms with E-state index in [4.69, 9.17) is 5.73 Å². The van der Waals surface area contributed by atoms with Gasteiger partial charge in [-0.3, -0.25) is 9.78 Å². The van der Waals surface area contributed by atoms with E-state index in [1.54, 1.807) is 18.3 Å². The summed E-state index contributed by atoms with van der Waals surface area (Å²) in [6.07, 6.45) is 3.13. The molecule has 0 radical (unpaired) electrons. The first-order valence-corrected chi connectivity index (χ1v) is 6.14. The highest BCUT2D eigenvalue weighted by Crippen LogP contribution is 2.23. The molecule has 1 heterocycles. The highest BCUT2D eigenvalue weighted by molar-refractivity contribution is 9.10. The van der Waals surface area contributed by atoms with Crippen molar-refractivity contribution < 1.29 is 4.79 Å². The highest BCUT2D eigenvalue weighted by atomic mass is 79.9. The molecule has 0 bridgehead atoms. The second kappa shape index (κ2) is 5.18. The number of anilines is 2. The number of hydrogen-bond acceptors (Lipinski definition) is 3. The Morgan fingerprint density at radius 3 is 2.83 bits per heavy atom. The summed E-state index contributed by atoms with van der Waals surface area (Å²) in [5, 5.41) is 2.80. The van der Waals surface area contributed by atoms with Gasteiger partial charge in [-0.2, -0.15) is 0 Å². The third-order valence-electron chi connectivity index (χ3n) is 2.51. The first kappa shape index (κ1) is 12.6. The van der Waals surface area contributed by atoms with Gasteiger partial charge in [0.05, 0.1) is 16.9 Å². The maximum atomic E-state index is 12.0. The summed E-state index contributed by atoms with van der Waals surface area (Å²) >= 11 is 3.28. The van der Waals surface area contributed by atoms with Crippen molar-refractivity contribution in [2.24, 2.45) is 0 Å². The Hall–Kier alpha value is -1.88. The smallest absolute Gasteiger partial charge is 0.257 e. The molecule has 18 heavy (non-hydrogen) atoms. The summed E-state index contributed by atoms with van der Waals surface area (Å²) in [4.78, 5) is 16.0. The van der Waals surface area contributed by atoms with E-state index in [9.17, 15) is 4.79 Å². The summed E-state index contributed by atoms with van der Waals surface area (Å²) < 4.78 is 0.757. The monoisotopic (exact) mass is 305 g/mol. The number of aryl methyl sites for hydroxylation is 1. The fraction of sp³-hybridized carbons (Fsp3) is 0.0769. The van der Waals surface area contributed by atoms with E-state index in [1.807, 2.05) is 19.1 Å². The fourth-order valence-corrected chi connectivity index (χ4v) is 1.95. The number of rotatable bonds is 2. The minimum Gasteiger partial charge on any atom is -0.397 e. The van der Waals surface area contributed by atoms with Gasteiger partial charge in [0.2, 0.25) is 0 Å². The van der Waals surface area contributed by atoms with Gasteiger partial charge in [-0.15, -0.1) is 0 Å². The third kappa shape index (κ3) is 2.68.